The fraction of sp³-hybridized carbons (Fsp3) is 0.533. The van der Waals surface area contributed by atoms with E-state index < -0.39 is 0 Å². The van der Waals surface area contributed by atoms with Gasteiger partial charge in [-0.25, -0.2) is 9.79 Å². The summed E-state index contributed by atoms with van der Waals surface area (Å²) in [6.45, 7) is 0.506. The number of hydrogen-bond acceptors (Lipinski definition) is 4. The molecule has 1 aromatic carbocycles. The number of ether oxygens (including phenoxy) is 2. The summed E-state index contributed by atoms with van der Waals surface area (Å²) in [5.74, 6) is 1.44. The van der Waals surface area contributed by atoms with Crippen molar-refractivity contribution >= 4 is 6.08 Å². The van der Waals surface area contributed by atoms with Crippen LogP contribution in [-0.4, -0.2) is 26.8 Å². The van der Waals surface area contributed by atoms with Gasteiger partial charge in [0.25, 0.3) is 0 Å². The number of hydrogen-bond donors (Lipinski definition) is 0. The predicted octanol–water partition coefficient (Wildman–Crippen LogP) is 2.85. The average Bonchev–Trinajstić information content (AvgIpc) is 2.94. The zero-order valence-electron chi connectivity index (χ0n) is 11.4. The van der Waals surface area contributed by atoms with Gasteiger partial charge in [-0.15, -0.1) is 0 Å². The Labute approximate surface area is 113 Å². The van der Waals surface area contributed by atoms with E-state index in [1.807, 2.05) is 18.2 Å². The summed E-state index contributed by atoms with van der Waals surface area (Å²) >= 11 is 0. The first-order valence-corrected chi connectivity index (χ1v) is 6.52. The maximum absolute atomic E-state index is 10.4. The molecule has 1 saturated carbocycles. The summed E-state index contributed by atoms with van der Waals surface area (Å²) in [6.07, 6.45) is 6.10. The molecule has 19 heavy (non-hydrogen) atoms. The topological polar surface area (TPSA) is 47.9 Å². The summed E-state index contributed by atoms with van der Waals surface area (Å²) in [5, 5.41) is 0. The number of benzene rings is 1. The third-order valence-electron chi connectivity index (χ3n) is 4.00. The number of isocyanates is 1. The van der Waals surface area contributed by atoms with Crippen LogP contribution in [-0.2, 0) is 10.2 Å². The summed E-state index contributed by atoms with van der Waals surface area (Å²) in [4.78, 5) is 14.2. The number of methoxy groups -OCH3 is 2. The Morgan fingerprint density at radius 3 is 2.47 bits per heavy atom. The Hall–Kier alpha value is -1.80. The van der Waals surface area contributed by atoms with Crippen LogP contribution in [0, 0.1) is 0 Å². The molecule has 4 nitrogen and oxygen atoms in total. The van der Waals surface area contributed by atoms with Gasteiger partial charge in [-0.2, -0.15) is 0 Å². The third-order valence-corrected chi connectivity index (χ3v) is 4.00. The van der Waals surface area contributed by atoms with Gasteiger partial charge in [-0.3, -0.25) is 0 Å². The molecule has 2 rings (SSSR count). The Balaban J connectivity index is 2.39. The quantitative estimate of drug-likeness (QED) is 0.605. The number of carbonyl (C=O) groups excluding carboxylic acids is 1. The molecule has 1 fully saturated rings. The van der Waals surface area contributed by atoms with Gasteiger partial charge < -0.3 is 9.47 Å². The third kappa shape index (κ3) is 2.64. The van der Waals surface area contributed by atoms with Gasteiger partial charge in [-0.1, -0.05) is 18.9 Å². The highest BCUT2D eigenvalue weighted by atomic mass is 16.5. The largest absolute Gasteiger partial charge is 0.493 e. The second kappa shape index (κ2) is 5.89. The van der Waals surface area contributed by atoms with Crippen molar-refractivity contribution in [3.05, 3.63) is 23.8 Å². The van der Waals surface area contributed by atoms with Gasteiger partial charge in [0.05, 0.1) is 20.8 Å². The molecule has 0 aromatic heterocycles. The molecule has 0 heterocycles. The molecule has 1 aliphatic rings. The van der Waals surface area contributed by atoms with Crippen LogP contribution >= 0.6 is 0 Å². The van der Waals surface area contributed by atoms with Crippen molar-refractivity contribution in [2.45, 2.75) is 31.1 Å². The van der Waals surface area contributed by atoms with E-state index in [0.29, 0.717) is 6.54 Å². The van der Waals surface area contributed by atoms with Gasteiger partial charge in [0.15, 0.2) is 11.5 Å². The predicted molar refractivity (Wildman–Crippen MR) is 72.7 cm³/mol. The molecule has 0 amide bonds. The second-order valence-electron chi connectivity index (χ2n) is 4.96. The lowest BCUT2D eigenvalue weighted by atomic mass is 9.79. The zero-order valence-corrected chi connectivity index (χ0v) is 11.4. The van der Waals surface area contributed by atoms with Crippen molar-refractivity contribution in [2.75, 3.05) is 20.8 Å². The minimum atomic E-state index is -0.0447. The second-order valence-corrected chi connectivity index (χ2v) is 4.96. The molecule has 0 saturated heterocycles. The fourth-order valence-corrected chi connectivity index (χ4v) is 2.94. The summed E-state index contributed by atoms with van der Waals surface area (Å²) in [6, 6.07) is 5.97. The average molecular weight is 261 g/mol. The van der Waals surface area contributed by atoms with Crippen LogP contribution in [0.4, 0.5) is 0 Å². The molecule has 0 bridgehead atoms. The maximum Gasteiger partial charge on any atom is 0.234 e. The van der Waals surface area contributed by atoms with E-state index in [-0.39, 0.29) is 5.41 Å². The minimum absolute atomic E-state index is 0.0447. The van der Waals surface area contributed by atoms with Crippen LogP contribution in [0.15, 0.2) is 23.2 Å². The summed E-state index contributed by atoms with van der Waals surface area (Å²) < 4.78 is 10.6. The SMILES string of the molecule is COc1ccc(C2(CN=C=O)CCCC2)cc1OC. The van der Waals surface area contributed by atoms with E-state index in [1.54, 1.807) is 20.3 Å². The van der Waals surface area contributed by atoms with E-state index in [4.69, 9.17) is 9.47 Å². The van der Waals surface area contributed by atoms with Crippen LogP contribution in [0.25, 0.3) is 0 Å². The molecule has 102 valence electrons. The van der Waals surface area contributed by atoms with Gasteiger partial charge in [-0.05, 0) is 30.5 Å². The lowest BCUT2D eigenvalue weighted by Gasteiger charge is -2.27. The van der Waals surface area contributed by atoms with Crippen molar-refractivity contribution in [3.63, 3.8) is 0 Å². The van der Waals surface area contributed by atoms with Crippen LogP contribution < -0.4 is 9.47 Å². The van der Waals surface area contributed by atoms with Gasteiger partial charge in [0, 0.05) is 5.41 Å². The normalized spacial score (nSPS) is 16.7. The van der Waals surface area contributed by atoms with Crippen molar-refractivity contribution < 1.29 is 14.3 Å². The number of rotatable bonds is 5. The first kappa shape index (κ1) is 13.6. The van der Waals surface area contributed by atoms with Crippen LogP contribution in [0.1, 0.15) is 31.2 Å². The highest BCUT2D eigenvalue weighted by Crippen LogP contribution is 2.43. The molecule has 1 aromatic rings. The summed E-state index contributed by atoms with van der Waals surface area (Å²) in [7, 11) is 3.26. The van der Waals surface area contributed by atoms with Crippen LogP contribution in [0.2, 0.25) is 0 Å². The number of aliphatic imine (C=N–C) groups is 1. The standard InChI is InChI=1S/C15H19NO3/c1-18-13-6-5-12(9-14(13)19-2)15(10-16-11-17)7-3-4-8-15/h5-6,9H,3-4,7-8,10H2,1-2H3. The Kier molecular flexibility index (Phi) is 4.23. The van der Waals surface area contributed by atoms with Gasteiger partial charge in [0.2, 0.25) is 6.08 Å². The Morgan fingerprint density at radius 1 is 1.21 bits per heavy atom. The highest BCUT2D eigenvalue weighted by molar-refractivity contribution is 5.46. The van der Waals surface area contributed by atoms with Gasteiger partial charge >= 0.3 is 0 Å². The fourth-order valence-electron chi connectivity index (χ4n) is 2.94. The minimum Gasteiger partial charge on any atom is -0.493 e. The molecule has 0 aliphatic heterocycles. The molecule has 1 aliphatic carbocycles. The maximum atomic E-state index is 10.4. The van der Waals surface area contributed by atoms with Crippen LogP contribution in [0.3, 0.4) is 0 Å². The molecule has 0 N–H and O–H groups in total. The van der Waals surface area contributed by atoms with Crippen molar-refractivity contribution in [3.8, 4) is 11.5 Å². The monoisotopic (exact) mass is 261 g/mol. The zero-order chi connectivity index (χ0) is 13.7. The molecular formula is C15H19NO3. The Bertz CT molecular complexity index is 486. The van der Waals surface area contributed by atoms with Gasteiger partial charge in [0.1, 0.15) is 0 Å². The highest BCUT2D eigenvalue weighted by Gasteiger charge is 2.36. The summed E-state index contributed by atoms with van der Waals surface area (Å²) in [5.41, 5.74) is 1.12. The van der Waals surface area contributed by atoms with Crippen molar-refractivity contribution in [1.29, 1.82) is 0 Å². The molecule has 0 unspecified atom stereocenters. The van der Waals surface area contributed by atoms with E-state index in [9.17, 15) is 4.79 Å². The lowest BCUT2D eigenvalue weighted by Crippen LogP contribution is -2.25. The Morgan fingerprint density at radius 2 is 1.89 bits per heavy atom. The molecule has 0 radical (unpaired) electrons. The van der Waals surface area contributed by atoms with E-state index in [2.05, 4.69) is 4.99 Å². The molecule has 4 heteroatoms. The van der Waals surface area contributed by atoms with E-state index in [0.717, 1.165) is 24.3 Å². The number of nitrogens with zero attached hydrogens (tertiary/aromatic N) is 1. The van der Waals surface area contributed by atoms with Crippen molar-refractivity contribution in [1.82, 2.24) is 0 Å². The van der Waals surface area contributed by atoms with Crippen molar-refractivity contribution in [2.24, 2.45) is 4.99 Å². The van der Waals surface area contributed by atoms with Crippen LogP contribution in [0.5, 0.6) is 11.5 Å². The van der Waals surface area contributed by atoms with E-state index in [1.165, 1.54) is 18.4 Å². The lowest BCUT2D eigenvalue weighted by molar-refractivity contribution is 0.352. The van der Waals surface area contributed by atoms with E-state index >= 15 is 0 Å². The first-order chi connectivity index (χ1) is 9.25. The molecule has 0 spiro atoms. The molecular weight excluding hydrogens is 242 g/mol. The smallest absolute Gasteiger partial charge is 0.234 e. The molecule has 0 atom stereocenters. The first-order valence-electron chi connectivity index (χ1n) is 6.52.